The first-order chi connectivity index (χ1) is 11.6. The number of hydrogen-bond donors (Lipinski definition) is 2. The molecule has 0 unspecified atom stereocenters. The molecule has 1 aromatic rings. The van der Waals surface area contributed by atoms with Gasteiger partial charge in [-0.2, -0.15) is 0 Å². The lowest BCUT2D eigenvalue weighted by Gasteiger charge is -2.16. The van der Waals surface area contributed by atoms with E-state index in [0.717, 1.165) is 30.8 Å². The van der Waals surface area contributed by atoms with Crippen molar-refractivity contribution in [2.75, 3.05) is 31.6 Å². The first-order valence-corrected chi connectivity index (χ1v) is 7.95. The number of hydrogen-bond acceptors (Lipinski definition) is 5. The van der Waals surface area contributed by atoms with E-state index < -0.39 is 11.8 Å². The van der Waals surface area contributed by atoms with E-state index in [4.69, 9.17) is 5.11 Å². The molecule has 1 fully saturated rings. The summed E-state index contributed by atoms with van der Waals surface area (Å²) in [6.45, 7) is 1.29. The molecule has 0 bridgehead atoms. The molecule has 0 radical (unpaired) electrons. The third kappa shape index (κ3) is 3.16. The van der Waals surface area contributed by atoms with E-state index in [1.165, 1.54) is 6.08 Å². The molecule has 24 heavy (non-hydrogen) atoms. The first-order valence-electron chi connectivity index (χ1n) is 7.95. The molecule has 2 aliphatic heterocycles. The lowest BCUT2D eigenvalue weighted by Crippen LogP contribution is -2.34. The van der Waals surface area contributed by atoms with Crippen LogP contribution in [0.2, 0.25) is 0 Å². The molecule has 1 aromatic carbocycles. The molecule has 2 aliphatic rings. The number of anilines is 1. The Kier molecular flexibility index (Phi) is 4.61. The SMILES string of the molecule is O=C(c1ccc(NC2=CC(=O)N(CCO)C2=O)cc1)N1CCCC1. The zero-order valence-electron chi connectivity index (χ0n) is 13.2. The minimum Gasteiger partial charge on any atom is -0.395 e. The zero-order valence-corrected chi connectivity index (χ0v) is 13.2. The normalized spacial score (nSPS) is 17.5. The summed E-state index contributed by atoms with van der Waals surface area (Å²) >= 11 is 0. The second-order valence-electron chi connectivity index (χ2n) is 5.78. The molecular formula is C17H19N3O4. The number of likely N-dealkylation sites (tertiary alicyclic amines) is 1. The zero-order chi connectivity index (χ0) is 17.1. The number of rotatable bonds is 5. The molecule has 1 saturated heterocycles. The van der Waals surface area contributed by atoms with Crippen molar-refractivity contribution >= 4 is 23.4 Å². The number of aliphatic hydroxyl groups is 1. The van der Waals surface area contributed by atoms with Crippen molar-refractivity contribution in [3.05, 3.63) is 41.6 Å². The van der Waals surface area contributed by atoms with E-state index in [1.807, 2.05) is 4.90 Å². The summed E-state index contributed by atoms with van der Waals surface area (Å²) in [5, 5.41) is 11.8. The highest BCUT2D eigenvalue weighted by atomic mass is 16.3. The minimum absolute atomic E-state index is 0.0134. The summed E-state index contributed by atoms with van der Waals surface area (Å²) in [5.41, 5.74) is 1.38. The summed E-state index contributed by atoms with van der Waals surface area (Å²) < 4.78 is 0. The molecule has 2 heterocycles. The monoisotopic (exact) mass is 329 g/mol. The number of benzene rings is 1. The number of β-amino-alcohol motifs (C(OH)–C–C–N with tert-alkyl or cyclic N) is 1. The van der Waals surface area contributed by atoms with Crippen LogP contribution in [0.25, 0.3) is 0 Å². The van der Waals surface area contributed by atoms with Gasteiger partial charge in [0.25, 0.3) is 17.7 Å². The van der Waals surface area contributed by atoms with Crippen LogP contribution >= 0.6 is 0 Å². The van der Waals surface area contributed by atoms with Crippen molar-refractivity contribution in [2.24, 2.45) is 0 Å². The Hall–Kier alpha value is -2.67. The Morgan fingerprint density at radius 2 is 1.79 bits per heavy atom. The maximum absolute atomic E-state index is 12.3. The molecule has 7 nitrogen and oxygen atoms in total. The van der Waals surface area contributed by atoms with Crippen LogP contribution < -0.4 is 5.32 Å². The highest BCUT2D eigenvalue weighted by Gasteiger charge is 2.30. The molecule has 3 rings (SSSR count). The molecule has 0 atom stereocenters. The van der Waals surface area contributed by atoms with Crippen molar-refractivity contribution in [1.82, 2.24) is 9.80 Å². The van der Waals surface area contributed by atoms with Gasteiger partial charge < -0.3 is 15.3 Å². The van der Waals surface area contributed by atoms with Gasteiger partial charge in [-0.3, -0.25) is 19.3 Å². The Labute approximate surface area is 139 Å². The number of nitrogens with zero attached hydrogens (tertiary/aromatic N) is 2. The topological polar surface area (TPSA) is 90.0 Å². The maximum atomic E-state index is 12.3. The van der Waals surface area contributed by atoms with Crippen molar-refractivity contribution in [3.8, 4) is 0 Å². The average molecular weight is 329 g/mol. The highest BCUT2D eigenvalue weighted by Crippen LogP contribution is 2.19. The van der Waals surface area contributed by atoms with Crippen LogP contribution in [0.5, 0.6) is 0 Å². The van der Waals surface area contributed by atoms with Crippen molar-refractivity contribution in [1.29, 1.82) is 0 Å². The van der Waals surface area contributed by atoms with Gasteiger partial charge in [0, 0.05) is 30.4 Å². The number of aliphatic hydroxyl groups excluding tert-OH is 1. The third-order valence-electron chi connectivity index (χ3n) is 4.14. The summed E-state index contributed by atoms with van der Waals surface area (Å²) in [7, 11) is 0. The standard InChI is InChI=1S/C17H19N3O4/c21-10-9-20-15(22)11-14(17(20)24)18-13-5-3-12(4-6-13)16(23)19-7-1-2-8-19/h3-6,11,18,21H,1-2,7-10H2. The van der Waals surface area contributed by atoms with Crippen LogP contribution in [0.3, 0.4) is 0 Å². The molecule has 3 amide bonds. The Bertz CT molecular complexity index is 690. The molecule has 0 spiro atoms. The summed E-state index contributed by atoms with van der Waals surface area (Å²) in [5.74, 6) is -0.900. The van der Waals surface area contributed by atoms with Crippen LogP contribution in [0.15, 0.2) is 36.0 Å². The van der Waals surface area contributed by atoms with E-state index >= 15 is 0 Å². The minimum atomic E-state index is -0.466. The fourth-order valence-corrected chi connectivity index (χ4v) is 2.86. The van der Waals surface area contributed by atoms with Gasteiger partial charge in [-0.1, -0.05) is 0 Å². The number of nitrogens with one attached hydrogen (secondary N) is 1. The Balaban J connectivity index is 1.66. The van der Waals surface area contributed by atoms with Gasteiger partial charge in [0.2, 0.25) is 0 Å². The van der Waals surface area contributed by atoms with Crippen LogP contribution in [0, 0.1) is 0 Å². The number of carbonyl (C=O) groups is 3. The van der Waals surface area contributed by atoms with E-state index in [-0.39, 0.29) is 24.8 Å². The largest absolute Gasteiger partial charge is 0.395 e. The van der Waals surface area contributed by atoms with Gasteiger partial charge >= 0.3 is 0 Å². The smallest absolute Gasteiger partial charge is 0.277 e. The van der Waals surface area contributed by atoms with Crippen molar-refractivity contribution in [2.45, 2.75) is 12.8 Å². The van der Waals surface area contributed by atoms with Gasteiger partial charge in [-0.25, -0.2) is 0 Å². The summed E-state index contributed by atoms with van der Waals surface area (Å²) in [6.07, 6.45) is 3.29. The summed E-state index contributed by atoms with van der Waals surface area (Å²) in [6, 6.07) is 6.82. The molecule has 0 saturated carbocycles. The second-order valence-corrected chi connectivity index (χ2v) is 5.78. The average Bonchev–Trinajstić information content (AvgIpc) is 3.20. The molecule has 2 N–H and O–H groups in total. The van der Waals surface area contributed by atoms with Gasteiger partial charge in [0.05, 0.1) is 13.2 Å². The molecule has 0 aromatic heterocycles. The van der Waals surface area contributed by atoms with Gasteiger partial charge in [0.1, 0.15) is 5.70 Å². The lowest BCUT2D eigenvalue weighted by molar-refractivity contribution is -0.137. The lowest BCUT2D eigenvalue weighted by atomic mass is 10.2. The molecule has 7 heteroatoms. The maximum Gasteiger partial charge on any atom is 0.277 e. The number of carbonyl (C=O) groups excluding carboxylic acids is 3. The van der Waals surface area contributed by atoms with Crippen LogP contribution in [0.1, 0.15) is 23.2 Å². The van der Waals surface area contributed by atoms with Crippen molar-refractivity contribution < 1.29 is 19.5 Å². The number of imide groups is 1. The van der Waals surface area contributed by atoms with E-state index in [0.29, 0.717) is 11.3 Å². The quantitative estimate of drug-likeness (QED) is 0.771. The van der Waals surface area contributed by atoms with Gasteiger partial charge in [-0.05, 0) is 37.1 Å². The fraction of sp³-hybridized carbons (Fsp3) is 0.353. The Morgan fingerprint density at radius 1 is 1.12 bits per heavy atom. The Morgan fingerprint density at radius 3 is 2.42 bits per heavy atom. The number of amides is 3. The van der Waals surface area contributed by atoms with Gasteiger partial charge in [0.15, 0.2) is 0 Å². The third-order valence-corrected chi connectivity index (χ3v) is 4.14. The van der Waals surface area contributed by atoms with E-state index in [9.17, 15) is 14.4 Å². The van der Waals surface area contributed by atoms with Crippen LogP contribution in [0.4, 0.5) is 5.69 Å². The fourth-order valence-electron chi connectivity index (χ4n) is 2.86. The van der Waals surface area contributed by atoms with Crippen LogP contribution in [-0.2, 0) is 9.59 Å². The van der Waals surface area contributed by atoms with Crippen LogP contribution in [-0.4, -0.2) is 58.9 Å². The molecule has 126 valence electrons. The van der Waals surface area contributed by atoms with Crippen molar-refractivity contribution in [3.63, 3.8) is 0 Å². The predicted octanol–water partition coefficient (Wildman–Crippen LogP) is 0.579. The van der Waals surface area contributed by atoms with E-state index in [1.54, 1.807) is 24.3 Å². The highest BCUT2D eigenvalue weighted by molar-refractivity contribution is 6.17. The summed E-state index contributed by atoms with van der Waals surface area (Å²) in [4.78, 5) is 38.8. The first kappa shape index (κ1) is 16.2. The molecule has 0 aliphatic carbocycles. The second kappa shape index (κ2) is 6.84. The molecular weight excluding hydrogens is 310 g/mol. The predicted molar refractivity (Wildman–Crippen MR) is 87.1 cm³/mol. The van der Waals surface area contributed by atoms with E-state index in [2.05, 4.69) is 5.32 Å². The van der Waals surface area contributed by atoms with Gasteiger partial charge in [-0.15, -0.1) is 0 Å².